The molecule has 136 valence electrons. The van der Waals surface area contributed by atoms with Gasteiger partial charge in [-0.1, -0.05) is 17.2 Å². The Morgan fingerprint density at radius 1 is 1.28 bits per heavy atom. The first-order valence-electron chi connectivity index (χ1n) is 8.92. The molecule has 2 aliphatic heterocycles. The van der Waals surface area contributed by atoms with Crippen LogP contribution in [0.3, 0.4) is 0 Å². The fourth-order valence-electron chi connectivity index (χ4n) is 3.89. The number of piperidine rings is 1. The van der Waals surface area contributed by atoms with Crippen LogP contribution < -0.4 is 0 Å². The molecule has 0 amide bonds. The highest BCUT2D eigenvalue weighted by molar-refractivity contribution is 5.16. The van der Waals surface area contributed by atoms with Crippen molar-refractivity contribution in [3.05, 3.63) is 46.1 Å². The zero-order valence-corrected chi connectivity index (χ0v) is 14.2. The Labute approximate surface area is 146 Å². The minimum absolute atomic E-state index is 0.215. The van der Waals surface area contributed by atoms with Crippen LogP contribution >= 0.6 is 0 Å². The van der Waals surface area contributed by atoms with Crippen LogP contribution in [-0.4, -0.2) is 49.5 Å². The van der Waals surface area contributed by atoms with Gasteiger partial charge in [0.25, 0.3) is 0 Å². The molecule has 5 nitrogen and oxygen atoms in total. The molecule has 0 spiro atoms. The molecule has 4 atom stereocenters. The van der Waals surface area contributed by atoms with Crippen molar-refractivity contribution in [2.24, 2.45) is 11.0 Å². The van der Waals surface area contributed by atoms with Gasteiger partial charge in [-0.3, -0.25) is 0 Å². The molecule has 0 radical (unpaired) electrons. The summed E-state index contributed by atoms with van der Waals surface area (Å²) >= 11 is 0. The smallest absolute Gasteiger partial charge is 0.123 e. The summed E-state index contributed by atoms with van der Waals surface area (Å²) in [5, 5.41) is 3.62. The summed E-state index contributed by atoms with van der Waals surface area (Å²) in [5.41, 5.74) is 9.82. The predicted molar refractivity (Wildman–Crippen MR) is 91.5 cm³/mol. The van der Waals surface area contributed by atoms with Gasteiger partial charge in [-0.25, -0.2) is 8.78 Å². The van der Waals surface area contributed by atoms with Crippen molar-refractivity contribution in [1.82, 2.24) is 4.90 Å². The molecule has 1 aromatic carbocycles. The van der Waals surface area contributed by atoms with E-state index in [-0.39, 0.29) is 18.3 Å². The standard InChI is InChI=1S/C18H24F2N4O/c19-15-5-3-13(4-6-15)10-14-2-1-8-24(11-14)12-17-18(22-23-21)16(20)7-9-25-17/h3-6,14,16-18H,1-2,7-12H2/t14-,16+,17-,18-/m1/s1. The molecule has 7 heteroatoms. The van der Waals surface area contributed by atoms with Crippen LogP contribution in [0.25, 0.3) is 10.4 Å². The van der Waals surface area contributed by atoms with Crippen LogP contribution in [0.5, 0.6) is 0 Å². The van der Waals surface area contributed by atoms with E-state index in [1.165, 1.54) is 12.1 Å². The molecule has 1 aromatic rings. The van der Waals surface area contributed by atoms with E-state index in [0.29, 0.717) is 19.1 Å². The van der Waals surface area contributed by atoms with Crippen molar-refractivity contribution >= 4 is 0 Å². The Balaban J connectivity index is 1.57. The lowest BCUT2D eigenvalue weighted by molar-refractivity contribution is -0.0532. The molecule has 0 unspecified atom stereocenters. The van der Waals surface area contributed by atoms with Crippen molar-refractivity contribution in [1.29, 1.82) is 0 Å². The number of benzene rings is 1. The van der Waals surface area contributed by atoms with Gasteiger partial charge in [0.2, 0.25) is 0 Å². The summed E-state index contributed by atoms with van der Waals surface area (Å²) in [4.78, 5) is 5.06. The summed E-state index contributed by atoms with van der Waals surface area (Å²) in [7, 11) is 0. The lowest BCUT2D eigenvalue weighted by atomic mass is 9.90. The van der Waals surface area contributed by atoms with Gasteiger partial charge in [0, 0.05) is 31.0 Å². The Hall–Kier alpha value is -1.69. The average molecular weight is 350 g/mol. The second kappa shape index (κ2) is 8.61. The molecule has 0 N–H and O–H groups in total. The van der Waals surface area contributed by atoms with Gasteiger partial charge < -0.3 is 9.64 Å². The third-order valence-corrected chi connectivity index (χ3v) is 5.14. The predicted octanol–water partition coefficient (Wildman–Crippen LogP) is 3.89. The lowest BCUT2D eigenvalue weighted by Crippen LogP contribution is -2.49. The van der Waals surface area contributed by atoms with Gasteiger partial charge in [-0.05, 0) is 55.0 Å². The van der Waals surface area contributed by atoms with Gasteiger partial charge in [-0.15, -0.1) is 0 Å². The summed E-state index contributed by atoms with van der Waals surface area (Å²) in [6.07, 6.45) is 1.88. The highest BCUT2D eigenvalue weighted by Gasteiger charge is 2.35. The second-order valence-electron chi connectivity index (χ2n) is 7.01. The summed E-state index contributed by atoms with van der Waals surface area (Å²) < 4.78 is 32.8. The van der Waals surface area contributed by atoms with Gasteiger partial charge in [0.15, 0.2) is 0 Å². The zero-order chi connectivity index (χ0) is 17.6. The maximum atomic E-state index is 14.0. The minimum Gasteiger partial charge on any atom is -0.376 e. The van der Waals surface area contributed by atoms with Crippen LogP contribution in [0.4, 0.5) is 8.78 Å². The van der Waals surface area contributed by atoms with Crippen molar-refractivity contribution in [3.63, 3.8) is 0 Å². The zero-order valence-electron chi connectivity index (χ0n) is 14.2. The van der Waals surface area contributed by atoms with E-state index in [2.05, 4.69) is 14.9 Å². The van der Waals surface area contributed by atoms with Crippen molar-refractivity contribution in [3.8, 4) is 0 Å². The Morgan fingerprint density at radius 2 is 2.08 bits per heavy atom. The fraction of sp³-hybridized carbons (Fsp3) is 0.667. The van der Waals surface area contributed by atoms with Crippen molar-refractivity contribution < 1.29 is 13.5 Å². The number of likely N-dealkylation sites (tertiary alicyclic amines) is 1. The summed E-state index contributed by atoms with van der Waals surface area (Å²) in [6, 6.07) is 5.93. The lowest BCUT2D eigenvalue weighted by Gasteiger charge is -2.38. The van der Waals surface area contributed by atoms with E-state index in [4.69, 9.17) is 10.3 Å². The second-order valence-corrected chi connectivity index (χ2v) is 7.01. The first-order chi connectivity index (χ1) is 12.2. The largest absolute Gasteiger partial charge is 0.376 e. The molecule has 2 fully saturated rings. The molecule has 25 heavy (non-hydrogen) atoms. The number of alkyl halides is 1. The van der Waals surface area contributed by atoms with Crippen molar-refractivity contribution in [2.75, 3.05) is 26.2 Å². The van der Waals surface area contributed by atoms with Crippen LogP contribution in [0.2, 0.25) is 0 Å². The van der Waals surface area contributed by atoms with E-state index >= 15 is 0 Å². The Morgan fingerprint density at radius 3 is 2.84 bits per heavy atom. The molecule has 2 heterocycles. The monoisotopic (exact) mass is 350 g/mol. The number of hydrogen-bond acceptors (Lipinski definition) is 3. The summed E-state index contributed by atoms with van der Waals surface area (Å²) in [5.74, 6) is 0.273. The number of hydrogen-bond donors (Lipinski definition) is 0. The molecule has 0 aromatic heterocycles. The Bertz CT molecular complexity index is 606. The molecule has 2 aliphatic rings. The van der Waals surface area contributed by atoms with Crippen molar-refractivity contribution in [2.45, 2.75) is 44.0 Å². The molecule has 0 bridgehead atoms. The van der Waals surface area contributed by atoms with E-state index in [1.807, 2.05) is 12.1 Å². The molecule has 0 saturated carbocycles. The first-order valence-corrected chi connectivity index (χ1v) is 8.92. The number of rotatable bonds is 5. The number of ether oxygens (including phenoxy) is 1. The molecular weight excluding hydrogens is 326 g/mol. The van der Waals surface area contributed by atoms with Gasteiger partial charge in [0.1, 0.15) is 12.0 Å². The normalized spacial score (nSPS) is 30.6. The highest BCUT2D eigenvalue weighted by atomic mass is 19.1. The number of azide groups is 1. The SMILES string of the molecule is [N-]=[N+]=N[C@@H]1[C@@H](F)CCO[C@@H]1CN1CCC[C@H](Cc2ccc(F)cc2)C1. The third kappa shape index (κ3) is 4.91. The Kier molecular flexibility index (Phi) is 6.24. The van der Waals surface area contributed by atoms with Crippen LogP contribution in [0.15, 0.2) is 29.4 Å². The molecule has 2 saturated heterocycles. The van der Waals surface area contributed by atoms with Gasteiger partial charge in [0.05, 0.1) is 12.1 Å². The van der Waals surface area contributed by atoms with E-state index in [9.17, 15) is 8.78 Å². The molecule has 0 aliphatic carbocycles. The maximum Gasteiger partial charge on any atom is 0.123 e. The van der Waals surface area contributed by atoms with E-state index < -0.39 is 12.2 Å². The molecular formula is C18H24F2N4O. The van der Waals surface area contributed by atoms with Gasteiger partial charge >= 0.3 is 0 Å². The average Bonchev–Trinajstić information content (AvgIpc) is 2.60. The maximum absolute atomic E-state index is 14.0. The van der Waals surface area contributed by atoms with Gasteiger partial charge in [-0.2, -0.15) is 0 Å². The molecule has 3 rings (SSSR count). The summed E-state index contributed by atoms with van der Waals surface area (Å²) in [6.45, 7) is 2.80. The van der Waals surface area contributed by atoms with E-state index in [0.717, 1.165) is 37.9 Å². The first kappa shape index (κ1) is 18.1. The fourth-order valence-corrected chi connectivity index (χ4v) is 3.89. The number of nitrogens with zero attached hydrogens (tertiary/aromatic N) is 4. The quantitative estimate of drug-likeness (QED) is 0.459. The number of halogens is 2. The van der Waals surface area contributed by atoms with Crippen LogP contribution in [0.1, 0.15) is 24.8 Å². The van der Waals surface area contributed by atoms with Crippen LogP contribution in [-0.2, 0) is 11.2 Å². The minimum atomic E-state index is -1.13. The van der Waals surface area contributed by atoms with Crippen LogP contribution in [0, 0.1) is 11.7 Å². The topological polar surface area (TPSA) is 61.2 Å². The third-order valence-electron chi connectivity index (χ3n) is 5.14. The highest BCUT2D eigenvalue weighted by Crippen LogP contribution is 2.25. The van der Waals surface area contributed by atoms with E-state index in [1.54, 1.807) is 0 Å².